The molecule has 0 unspecified atom stereocenters. The van der Waals surface area contributed by atoms with Crippen molar-refractivity contribution >= 4 is 17.2 Å². The Morgan fingerprint density at radius 2 is 2.24 bits per heavy atom. The van der Waals surface area contributed by atoms with Crippen LogP contribution >= 0.6 is 12.2 Å². The summed E-state index contributed by atoms with van der Waals surface area (Å²) in [5, 5.41) is 0. The van der Waals surface area contributed by atoms with Gasteiger partial charge >= 0.3 is 5.69 Å². The molecule has 0 radical (unpaired) electrons. The van der Waals surface area contributed by atoms with E-state index in [9.17, 15) is 14.0 Å². The molecule has 0 spiro atoms. The highest BCUT2D eigenvalue weighted by molar-refractivity contribution is 7.80. The molecule has 1 aromatic heterocycles. The second-order valence-electron chi connectivity index (χ2n) is 4.51. The Kier molecular flexibility index (Phi) is 2.86. The molecule has 2 rings (SSSR count). The first kappa shape index (κ1) is 12.0. The summed E-state index contributed by atoms with van der Waals surface area (Å²) in [6.45, 7) is 0.330. The van der Waals surface area contributed by atoms with E-state index in [0.717, 1.165) is 19.0 Å². The molecule has 7 heteroatoms. The van der Waals surface area contributed by atoms with Crippen LogP contribution in [-0.2, 0) is 6.54 Å². The van der Waals surface area contributed by atoms with Gasteiger partial charge < -0.3 is 5.73 Å². The van der Waals surface area contributed by atoms with E-state index in [-0.39, 0.29) is 5.41 Å². The predicted molar refractivity (Wildman–Crippen MR) is 64.4 cm³/mol. The highest BCUT2D eigenvalue weighted by Gasteiger charge is 2.43. The minimum Gasteiger partial charge on any atom is -0.393 e. The van der Waals surface area contributed by atoms with Gasteiger partial charge in [-0.05, 0) is 18.3 Å². The summed E-state index contributed by atoms with van der Waals surface area (Å²) >= 11 is 4.84. The van der Waals surface area contributed by atoms with Crippen LogP contribution in [0.3, 0.4) is 0 Å². The molecule has 92 valence electrons. The third-order valence-electron chi connectivity index (χ3n) is 2.98. The molecule has 0 aliphatic heterocycles. The van der Waals surface area contributed by atoms with Crippen LogP contribution in [0.5, 0.6) is 0 Å². The molecule has 1 fully saturated rings. The summed E-state index contributed by atoms with van der Waals surface area (Å²) in [5.41, 5.74) is 3.74. The van der Waals surface area contributed by atoms with Gasteiger partial charge in [-0.15, -0.1) is 0 Å². The van der Waals surface area contributed by atoms with Crippen LogP contribution in [0.15, 0.2) is 15.8 Å². The van der Waals surface area contributed by atoms with Crippen LogP contribution < -0.4 is 17.0 Å². The van der Waals surface area contributed by atoms with E-state index in [1.807, 2.05) is 4.98 Å². The molecule has 1 aliphatic rings. The molecule has 1 aliphatic carbocycles. The quantitative estimate of drug-likeness (QED) is 0.751. The van der Waals surface area contributed by atoms with Gasteiger partial charge in [-0.1, -0.05) is 12.2 Å². The molecular weight excluding hydrogens is 245 g/mol. The summed E-state index contributed by atoms with van der Waals surface area (Å²) in [6.07, 6.45) is 3.27. The van der Waals surface area contributed by atoms with Gasteiger partial charge in [0.1, 0.15) is 0 Å². The Balaban J connectivity index is 2.25. The van der Waals surface area contributed by atoms with Crippen LogP contribution in [0.2, 0.25) is 0 Å². The van der Waals surface area contributed by atoms with E-state index in [0.29, 0.717) is 18.0 Å². The van der Waals surface area contributed by atoms with Gasteiger partial charge in [0, 0.05) is 13.0 Å². The third-order valence-corrected chi connectivity index (χ3v) is 3.12. The third kappa shape index (κ3) is 2.60. The molecule has 1 heterocycles. The topological polar surface area (TPSA) is 80.9 Å². The van der Waals surface area contributed by atoms with Gasteiger partial charge in [-0.2, -0.15) is 4.39 Å². The average molecular weight is 257 g/mol. The maximum absolute atomic E-state index is 13.1. The molecule has 0 aromatic carbocycles. The second kappa shape index (κ2) is 4.06. The Labute approximate surface area is 101 Å². The van der Waals surface area contributed by atoms with Crippen molar-refractivity contribution in [3.63, 3.8) is 0 Å². The fraction of sp³-hybridized carbons (Fsp3) is 0.500. The summed E-state index contributed by atoms with van der Waals surface area (Å²) in [4.78, 5) is 24.6. The van der Waals surface area contributed by atoms with Crippen molar-refractivity contribution in [3.8, 4) is 0 Å². The van der Waals surface area contributed by atoms with Crippen molar-refractivity contribution in [3.05, 3.63) is 32.9 Å². The fourth-order valence-corrected chi connectivity index (χ4v) is 2.20. The molecule has 0 bridgehead atoms. The van der Waals surface area contributed by atoms with Crippen molar-refractivity contribution in [2.45, 2.75) is 25.8 Å². The van der Waals surface area contributed by atoms with Gasteiger partial charge in [0.2, 0.25) is 5.82 Å². The zero-order valence-corrected chi connectivity index (χ0v) is 9.85. The molecule has 3 N–H and O–H groups in total. The van der Waals surface area contributed by atoms with Crippen molar-refractivity contribution in [1.29, 1.82) is 0 Å². The molecule has 0 amide bonds. The van der Waals surface area contributed by atoms with Gasteiger partial charge in [-0.25, -0.2) is 4.79 Å². The minimum absolute atomic E-state index is 0.139. The molecule has 5 nitrogen and oxygen atoms in total. The number of nitrogens with zero attached hydrogens (tertiary/aromatic N) is 1. The van der Waals surface area contributed by atoms with Crippen LogP contribution in [0.4, 0.5) is 4.39 Å². The summed E-state index contributed by atoms with van der Waals surface area (Å²) in [5.74, 6) is -0.962. The fourth-order valence-electron chi connectivity index (χ4n) is 1.90. The zero-order valence-electron chi connectivity index (χ0n) is 9.03. The van der Waals surface area contributed by atoms with Crippen molar-refractivity contribution < 1.29 is 4.39 Å². The lowest BCUT2D eigenvalue weighted by atomic mass is 10.0. The largest absolute Gasteiger partial charge is 0.393 e. The van der Waals surface area contributed by atoms with E-state index in [1.165, 1.54) is 4.57 Å². The van der Waals surface area contributed by atoms with Gasteiger partial charge in [0.25, 0.3) is 5.56 Å². The maximum Gasteiger partial charge on any atom is 0.328 e. The number of aromatic amines is 1. The predicted octanol–water partition coefficient (Wildman–Crippen LogP) is 0.132. The highest BCUT2D eigenvalue weighted by Crippen LogP contribution is 2.49. The van der Waals surface area contributed by atoms with Crippen molar-refractivity contribution in [2.75, 3.05) is 0 Å². The summed E-state index contributed by atoms with van der Waals surface area (Å²) in [7, 11) is 0. The van der Waals surface area contributed by atoms with E-state index < -0.39 is 17.1 Å². The molecule has 0 saturated heterocycles. The van der Waals surface area contributed by atoms with E-state index in [2.05, 4.69) is 0 Å². The number of nitrogens with two attached hydrogens (primary N) is 1. The molecule has 1 aromatic rings. The van der Waals surface area contributed by atoms with Crippen LogP contribution in [0.1, 0.15) is 19.3 Å². The van der Waals surface area contributed by atoms with Crippen LogP contribution in [0.25, 0.3) is 0 Å². The lowest BCUT2D eigenvalue weighted by molar-refractivity contribution is 0.415. The monoisotopic (exact) mass is 257 g/mol. The smallest absolute Gasteiger partial charge is 0.328 e. The number of halogens is 1. The number of H-pyrrole nitrogens is 1. The van der Waals surface area contributed by atoms with Crippen molar-refractivity contribution in [2.24, 2.45) is 11.1 Å². The minimum atomic E-state index is -0.995. The Morgan fingerprint density at radius 3 is 2.76 bits per heavy atom. The number of aromatic nitrogens is 2. The summed E-state index contributed by atoms with van der Waals surface area (Å²) in [6, 6.07) is 0. The second-order valence-corrected chi connectivity index (χ2v) is 5.03. The maximum atomic E-state index is 13.1. The number of rotatable bonds is 4. The summed E-state index contributed by atoms with van der Waals surface area (Å²) < 4.78 is 14.2. The van der Waals surface area contributed by atoms with Gasteiger partial charge in [0.15, 0.2) is 0 Å². The SMILES string of the molecule is NC(=S)CC1(Cn2cc(F)c(=O)[nH]c2=O)CC1. The van der Waals surface area contributed by atoms with Crippen molar-refractivity contribution in [1.82, 2.24) is 9.55 Å². The average Bonchev–Trinajstić information content (AvgIpc) is 2.93. The Bertz CT molecular complexity index is 574. The lowest BCUT2D eigenvalue weighted by Gasteiger charge is -2.15. The molecule has 1 saturated carbocycles. The van der Waals surface area contributed by atoms with E-state index in [1.54, 1.807) is 0 Å². The highest BCUT2D eigenvalue weighted by atomic mass is 32.1. The van der Waals surface area contributed by atoms with Crippen LogP contribution in [-0.4, -0.2) is 14.5 Å². The first-order valence-corrected chi connectivity index (χ1v) is 5.60. The first-order valence-electron chi connectivity index (χ1n) is 5.19. The van der Waals surface area contributed by atoms with Gasteiger partial charge in [-0.3, -0.25) is 14.3 Å². The van der Waals surface area contributed by atoms with Crippen LogP contribution in [0, 0.1) is 11.2 Å². The number of hydrogen-bond donors (Lipinski definition) is 2. The zero-order chi connectivity index (χ0) is 12.6. The number of hydrogen-bond acceptors (Lipinski definition) is 3. The standard InChI is InChI=1S/C10H12FN3O2S/c11-6-4-14(9(16)13-8(6)15)5-10(1-2-10)3-7(12)17/h4H,1-3,5H2,(H2,12,17)(H,13,15,16). The molecule has 17 heavy (non-hydrogen) atoms. The lowest BCUT2D eigenvalue weighted by Crippen LogP contribution is -2.34. The van der Waals surface area contributed by atoms with Gasteiger partial charge in [0.05, 0.1) is 11.2 Å². The Morgan fingerprint density at radius 1 is 1.59 bits per heavy atom. The first-order chi connectivity index (χ1) is 7.92. The normalized spacial score (nSPS) is 16.8. The van der Waals surface area contributed by atoms with E-state index in [4.69, 9.17) is 18.0 Å². The molecular formula is C10H12FN3O2S. The number of thiocarbonyl (C=S) groups is 1. The molecule has 0 atom stereocenters. The van der Waals surface area contributed by atoms with E-state index >= 15 is 0 Å². The Hall–Kier alpha value is -1.50. The number of nitrogens with one attached hydrogen (secondary N) is 1.